The van der Waals surface area contributed by atoms with Gasteiger partial charge in [0.25, 0.3) is 11.8 Å². The third-order valence-electron chi connectivity index (χ3n) is 18.0. The van der Waals surface area contributed by atoms with Gasteiger partial charge < -0.3 is 152 Å². The van der Waals surface area contributed by atoms with E-state index < -0.39 is 96.4 Å². The highest BCUT2D eigenvalue weighted by atomic mass is 16.4. The topological polar surface area (TPSA) is 873 Å². The second kappa shape index (κ2) is 96.8. The van der Waals surface area contributed by atoms with Crippen molar-refractivity contribution >= 4 is 136 Å². The summed E-state index contributed by atoms with van der Waals surface area (Å²) in [6, 6.07) is 23.0. The van der Waals surface area contributed by atoms with Crippen LogP contribution in [-0.2, 0) is 97.6 Å². The normalized spacial score (nSPS) is 10.2. The minimum atomic E-state index is -1.21. The van der Waals surface area contributed by atoms with Crippen LogP contribution in [0.4, 0.5) is 11.4 Å². The van der Waals surface area contributed by atoms with Crippen LogP contribution in [0.15, 0.2) is 91.0 Å². The molecule has 0 aromatic heterocycles. The average Bonchev–Trinajstić information content (AvgIpc) is 1.38. The maximum atomic E-state index is 12.0. The quantitative estimate of drug-likeness (QED) is 0.0186. The number of aliphatic hydroxyl groups excluding tert-OH is 3. The van der Waals surface area contributed by atoms with E-state index in [-0.39, 0.29) is 159 Å². The van der Waals surface area contributed by atoms with Crippen LogP contribution in [0.3, 0.4) is 0 Å². The van der Waals surface area contributed by atoms with E-state index >= 15 is 0 Å². The van der Waals surface area contributed by atoms with Crippen LogP contribution in [0.5, 0.6) is 0 Å². The number of hydrogen-bond acceptors (Lipinski definition) is 35. The zero-order chi connectivity index (χ0) is 117. The van der Waals surface area contributed by atoms with Crippen molar-refractivity contribution in [2.75, 3.05) is 263 Å². The van der Waals surface area contributed by atoms with Gasteiger partial charge in [0.15, 0.2) is 0 Å². The molecule has 30 N–H and O–H groups in total. The van der Waals surface area contributed by atoms with E-state index in [0.29, 0.717) is 99.7 Å². The number of nitrogens with one attached hydrogen (secondary N) is 5. The molecule has 854 valence electrons. The number of anilines is 2. The Labute approximate surface area is 874 Å². The van der Waals surface area contributed by atoms with Gasteiger partial charge in [-0.1, -0.05) is 71.5 Å². The highest BCUT2D eigenvalue weighted by Gasteiger charge is 2.19. The summed E-state index contributed by atoms with van der Waals surface area (Å²) in [7, 11) is 10.7. The molecule has 56 nitrogen and oxygen atoms in total. The number of nitrogens with two attached hydrogens (primary N) is 6. The Balaban J connectivity index is -0.000000249. The Kier molecular flexibility index (Phi) is 97.5. The molecular weight excluding hydrogens is 1980 g/mol. The summed E-state index contributed by atoms with van der Waals surface area (Å²) in [5.41, 5.74) is 33.7. The summed E-state index contributed by atoms with van der Waals surface area (Å²) in [6.07, 6.45) is 2.58. The van der Waals surface area contributed by atoms with Crippen LogP contribution in [-0.4, -0.2) is 497 Å². The predicted octanol–water partition coefficient (Wildman–Crippen LogP) is -4.83. The molecule has 0 saturated carbocycles. The molecular formula is C94H164N22O34. The lowest BCUT2D eigenvalue weighted by atomic mass is 10.2. The van der Waals surface area contributed by atoms with E-state index in [0.717, 1.165) is 74.1 Å². The lowest BCUT2D eigenvalue weighted by Crippen LogP contribution is -2.40. The Hall–Kier alpha value is -14.3. The van der Waals surface area contributed by atoms with Crippen LogP contribution in [0.1, 0.15) is 120 Å². The second-order valence-electron chi connectivity index (χ2n) is 32.5. The van der Waals surface area contributed by atoms with E-state index in [9.17, 15) is 101 Å². The third-order valence-corrected chi connectivity index (χ3v) is 18.0. The number of likely N-dealkylation sites (N-methyl/N-ethyl adjacent to an activating group) is 4. The summed E-state index contributed by atoms with van der Waals surface area (Å²) >= 11 is 0. The zero-order valence-electron chi connectivity index (χ0n) is 88.3. The van der Waals surface area contributed by atoms with Gasteiger partial charge in [-0.05, 0) is 142 Å². The molecule has 0 fully saturated rings. The number of benzene rings is 3. The minimum Gasteiger partial charge on any atom is -0.480 e. The molecule has 0 spiro atoms. The van der Waals surface area contributed by atoms with Gasteiger partial charge in [0.2, 0.25) is 53.2 Å². The van der Waals surface area contributed by atoms with Crippen molar-refractivity contribution in [2.45, 2.75) is 100.0 Å². The highest BCUT2D eigenvalue weighted by molar-refractivity contribution is 5.97. The van der Waals surface area contributed by atoms with E-state index in [2.05, 4.69) is 75.6 Å². The molecule has 0 atom stereocenters. The number of amides is 11. The number of carbonyl (C=O) groups excluding carboxylic acids is 11. The monoisotopic (exact) mass is 2150 g/mol. The highest BCUT2D eigenvalue weighted by Crippen LogP contribution is 2.12. The zero-order valence-corrected chi connectivity index (χ0v) is 88.3. The number of rotatable bonds is 65. The number of carboxylic acids is 10. The predicted molar refractivity (Wildman–Crippen MR) is 554 cm³/mol. The molecule has 3 aromatic carbocycles. The van der Waals surface area contributed by atoms with Crippen molar-refractivity contribution in [2.24, 2.45) is 34.4 Å². The van der Waals surface area contributed by atoms with E-state index in [1.165, 1.54) is 28.7 Å². The van der Waals surface area contributed by atoms with Crippen LogP contribution in [0, 0.1) is 0 Å². The molecule has 11 amide bonds. The molecule has 0 aliphatic heterocycles. The van der Waals surface area contributed by atoms with Gasteiger partial charge in [-0.15, -0.1) is 0 Å². The molecule has 3 rings (SSSR count). The molecule has 0 saturated heterocycles. The fourth-order valence-electron chi connectivity index (χ4n) is 10.8. The molecule has 150 heavy (non-hydrogen) atoms. The molecule has 3 aromatic rings. The van der Waals surface area contributed by atoms with Crippen molar-refractivity contribution in [3.8, 4) is 0 Å². The Morgan fingerprint density at radius 3 is 0.893 bits per heavy atom. The molecule has 0 aliphatic carbocycles. The smallest absolute Gasteiger partial charge is 0.317 e. The van der Waals surface area contributed by atoms with Crippen LogP contribution >= 0.6 is 0 Å². The number of primary amides is 6. The number of hydrogen-bond donors (Lipinski definition) is 24. The Morgan fingerprint density at radius 2 is 0.613 bits per heavy atom. The second-order valence-corrected chi connectivity index (χ2v) is 32.5. The van der Waals surface area contributed by atoms with E-state index in [4.69, 9.17) is 101 Å². The maximum Gasteiger partial charge on any atom is 0.317 e. The van der Waals surface area contributed by atoms with Crippen molar-refractivity contribution < 1.29 is 167 Å². The Bertz CT molecular complexity index is 4250. The van der Waals surface area contributed by atoms with E-state index in [1.54, 1.807) is 86.3 Å². The molecule has 0 unspecified atom stereocenters. The lowest BCUT2D eigenvalue weighted by molar-refractivity contribution is -0.144. The maximum absolute atomic E-state index is 12.0. The SMILES string of the molecule is C=C(C)C(=O)NCCCN(C)C.CCC(=O)Nc1ccc(C(=O)NCCN(CC)CC)cc1.CCN(CC)CCNC(=O)c1ccc(NC(C)=O)cc1.CN(C)CC(=O)O.CN(CC(=O)O)CC(=O)O.CN(CCC(N)=O)CCC(N)=O.NC(=O)CCN(CCC(N)=O)CCC(N)=O.NC(=O)CN(CC(=O)O)CC(=O)O.O=C(O)CN(CC(=O)O)Cc1ccccc1.O=C(O)CN(CCO)CC(=O)O.O=C(O)CN(CCO)CCO. The van der Waals surface area contributed by atoms with Crippen molar-refractivity contribution in [1.29, 1.82) is 0 Å². The number of aliphatic hydroxyl groups is 3. The number of carbonyl (C=O) groups is 21. The first-order valence-electron chi connectivity index (χ1n) is 46.8. The summed E-state index contributed by atoms with van der Waals surface area (Å²) in [5, 5.41) is 123. The standard InChI is InChI=1S/C16H25N3O2.C15H23N3O2.C11H13NO4.C9H18N4O3.C9H18N2O.C7H15N3O2.C6H10N2O5.C6H11NO5.C6H13NO4.C5H9NO4.C4H9NO2/c1-4-15(20)18-14-9-7-13(8-10-14)16(21)17-11-12-19(5-2)6-3;1-4-18(5-2)11-10-16-15(20)13-6-8-14(9-7-13)17-12(3)19;13-10(14)7-12(8-11(15)16)6-9-4-2-1-3-5-9;10-7(14)1-4-13(5-2-8(11)15)6-3-9(12)16;1-8(2)9(12)10-6-5-7-11(3)4;1-10(4-2-6(8)11)5-3-7(9)12;7-4(9)1-8(2-5(10)11)3-6(12)13;8-2-1-7(3-5(9)10)4-6(11)12;8-3-1-7(2-4-9)5-6(10)11;1-6(2-4(7)8)3-5(9)10;1-5(2)3-4(6)7/h7-10H,4-6,11-12H2,1-3H3,(H,17,21)(H,18,20);6-9H,4-5,10-11H2,1-3H3,(H,16,20)(H,17,19);1-5H,6-8H2,(H,13,14)(H,15,16);1-6H2,(H2,10,14)(H2,11,15)(H2,12,16);1,5-7H2,2-4H3,(H,10,12);2-5H2,1H3,(H2,8,11)(H2,9,12);1-3H2,(H2,7,9)(H,10,11)(H,12,13);8H,1-4H2,(H,9,10)(H,11,12);8-9H,1-5H2,(H,10,11);2-3H2,1H3,(H,7,8)(H,9,10);3H2,1-2H3,(H,6,7). The van der Waals surface area contributed by atoms with Crippen molar-refractivity contribution in [3.63, 3.8) is 0 Å². The minimum absolute atomic E-state index is 0.0357. The van der Waals surface area contributed by atoms with Gasteiger partial charge in [0, 0.05) is 165 Å². The molecule has 0 heterocycles. The van der Waals surface area contributed by atoms with Crippen molar-refractivity contribution in [3.05, 3.63) is 108 Å². The summed E-state index contributed by atoms with van der Waals surface area (Å²) < 4.78 is 0. The van der Waals surface area contributed by atoms with E-state index in [1.807, 2.05) is 56.4 Å². The first-order valence-corrected chi connectivity index (χ1v) is 46.8. The summed E-state index contributed by atoms with van der Waals surface area (Å²) in [4.78, 5) is 239. The molecule has 0 aliphatic rings. The van der Waals surface area contributed by atoms with Crippen molar-refractivity contribution in [1.82, 2.24) is 69.8 Å². The molecule has 0 radical (unpaired) electrons. The average molecular weight is 2150 g/mol. The van der Waals surface area contributed by atoms with Gasteiger partial charge in [0.05, 0.1) is 91.8 Å². The lowest BCUT2D eigenvalue weighted by Gasteiger charge is -2.20. The van der Waals surface area contributed by atoms with Gasteiger partial charge in [-0.3, -0.25) is 130 Å². The number of aliphatic carboxylic acids is 10. The molecule has 0 bridgehead atoms. The fraction of sp³-hybridized carbons (Fsp3) is 0.564. The van der Waals surface area contributed by atoms with Gasteiger partial charge in [-0.25, -0.2) is 0 Å². The third kappa shape index (κ3) is 112. The fourth-order valence-corrected chi connectivity index (χ4v) is 10.8. The van der Waals surface area contributed by atoms with Gasteiger partial charge in [0.1, 0.15) is 0 Å². The summed E-state index contributed by atoms with van der Waals surface area (Å²) in [6.45, 7) is 25.2. The Morgan fingerprint density at radius 1 is 0.300 bits per heavy atom. The first-order chi connectivity index (χ1) is 70.0. The van der Waals surface area contributed by atoms with Crippen LogP contribution in [0.2, 0.25) is 0 Å². The van der Waals surface area contributed by atoms with Crippen LogP contribution < -0.4 is 61.0 Å². The van der Waals surface area contributed by atoms with Crippen LogP contribution in [0.25, 0.3) is 0 Å². The first kappa shape index (κ1) is 151. The van der Waals surface area contributed by atoms with Gasteiger partial charge >= 0.3 is 59.7 Å². The molecule has 56 heteroatoms. The number of carboxylic acid groups (broad SMARTS) is 10. The van der Waals surface area contributed by atoms with Gasteiger partial charge in [-0.2, -0.15) is 0 Å². The number of nitrogens with zero attached hydrogens (tertiary/aromatic N) is 11. The summed E-state index contributed by atoms with van der Waals surface area (Å²) in [5.74, 6) is -13.6. The largest absolute Gasteiger partial charge is 0.480 e.